The van der Waals surface area contributed by atoms with Crippen LogP contribution in [0.3, 0.4) is 0 Å². The Hall–Kier alpha value is -4.36. The highest BCUT2D eigenvalue weighted by Gasteiger charge is 2.64. The van der Waals surface area contributed by atoms with Crippen molar-refractivity contribution < 1.29 is 60.1 Å². The van der Waals surface area contributed by atoms with Crippen molar-refractivity contribution in [1.82, 2.24) is 24.8 Å². The molecule has 3 fully saturated rings. The molecule has 4 aliphatic rings. The van der Waals surface area contributed by atoms with Crippen molar-refractivity contribution in [2.75, 3.05) is 26.9 Å². The Morgan fingerprint density at radius 2 is 1.84 bits per heavy atom. The summed E-state index contributed by atoms with van der Waals surface area (Å²) in [6.07, 6.45) is -3.14. The summed E-state index contributed by atoms with van der Waals surface area (Å²) in [5.41, 5.74) is -4.81. The number of alkyl halides is 3. The first-order valence-corrected chi connectivity index (χ1v) is 22.1. The van der Waals surface area contributed by atoms with Crippen molar-refractivity contribution in [2.45, 2.75) is 120 Å². The van der Waals surface area contributed by atoms with E-state index in [1.54, 1.807) is 36.4 Å². The number of allylic oxidation sites excluding steroid dienone is 1. The fraction of sp³-hybridized carbons (Fsp3) is 0.634. The number of nitrogens with one attached hydrogen (secondary N) is 2. The van der Waals surface area contributed by atoms with Crippen molar-refractivity contribution in [3.8, 4) is 11.8 Å². The molecule has 3 heterocycles. The number of hydrogen-bond donors (Lipinski definition) is 3. The Labute approximate surface area is 357 Å². The highest BCUT2D eigenvalue weighted by atomic mass is 35.5. The summed E-state index contributed by atoms with van der Waals surface area (Å²) in [7, 11) is -2.65. The standard InChI is InChI=1S/C41H53ClF3N5O10S/c1-23-10-7-8-11-25-21-40(25,36(53)48-61(56,57)39(5)14-15-39)47-33(51)30-19-26(60-34-27-12-9-13-29(42)28(27)20-31(46-34)59-17-16-58-6)22-49(30)35(52)32(24(2)18-23)50(37(54)55)38(3,4)41(43,44)45/h8-9,11-13,20,23-26,30,32H,7,10,14-19,21-22H2,1-6H3,(H,47,51)(H,48,53)(H,54,55)/b11-8-/t23-,24-,25-,26-,30+,32+,40-/m1/s1. The summed E-state index contributed by atoms with van der Waals surface area (Å²) in [5.74, 6) is -4.66. The van der Waals surface area contributed by atoms with Crippen LogP contribution in [0.25, 0.3) is 10.8 Å². The van der Waals surface area contributed by atoms with Crippen LogP contribution >= 0.6 is 11.6 Å². The van der Waals surface area contributed by atoms with Crippen LogP contribution in [0.15, 0.2) is 36.4 Å². The van der Waals surface area contributed by atoms with Crippen LogP contribution in [0.1, 0.15) is 79.6 Å². The molecule has 3 N–H and O–H groups in total. The van der Waals surface area contributed by atoms with Gasteiger partial charge in [0.25, 0.3) is 5.91 Å². The van der Waals surface area contributed by atoms with Gasteiger partial charge in [0.05, 0.1) is 17.9 Å². The molecule has 2 aromatic rings. The highest BCUT2D eigenvalue weighted by Crippen LogP contribution is 2.48. The van der Waals surface area contributed by atoms with Gasteiger partial charge < -0.3 is 29.5 Å². The van der Waals surface area contributed by atoms with Gasteiger partial charge in [0.2, 0.25) is 33.6 Å². The summed E-state index contributed by atoms with van der Waals surface area (Å²) in [5, 5.41) is 14.5. The fourth-order valence-electron chi connectivity index (χ4n) is 8.32. The molecule has 0 radical (unpaired) electrons. The van der Waals surface area contributed by atoms with Crippen molar-refractivity contribution in [3.63, 3.8) is 0 Å². The molecule has 0 unspecified atom stereocenters. The second kappa shape index (κ2) is 17.1. The Bertz CT molecular complexity index is 2190. The maximum absolute atomic E-state index is 15.1. The Balaban J connectivity index is 1.44. The van der Waals surface area contributed by atoms with Crippen molar-refractivity contribution in [1.29, 1.82) is 0 Å². The number of nitrogens with zero attached hydrogens (tertiary/aromatic N) is 3. The van der Waals surface area contributed by atoms with Crippen molar-refractivity contribution >= 4 is 56.2 Å². The number of sulfonamides is 1. The van der Waals surface area contributed by atoms with E-state index in [1.165, 1.54) is 21.0 Å². The molecule has 4 amide bonds. The molecule has 6 rings (SSSR count). The fourth-order valence-corrected chi connectivity index (χ4v) is 9.86. The van der Waals surface area contributed by atoms with Gasteiger partial charge in [0.1, 0.15) is 35.9 Å². The van der Waals surface area contributed by atoms with Gasteiger partial charge in [0.15, 0.2) is 0 Å². The lowest BCUT2D eigenvalue weighted by Crippen LogP contribution is -2.66. The van der Waals surface area contributed by atoms with E-state index in [1.807, 2.05) is 6.92 Å². The third-order valence-electron chi connectivity index (χ3n) is 12.6. The number of benzene rings is 1. The highest BCUT2D eigenvalue weighted by molar-refractivity contribution is 7.91. The van der Waals surface area contributed by atoms with Gasteiger partial charge in [-0.3, -0.25) is 24.0 Å². The Kier molecular flexibility index (Phi) is 12.9. The van der Waals surface area contributed by atoms with Gasteiger partial charge in [-0.2, -0.15) is 18.2 Å². The zero-order valence-electron chi connectivity index (χ0n) is 34.9. The molecule has 15 nitrogen and oxygen atoms in total. The quantitative estimate of drug-likeness (QED) is 0.181. The van der Waals surface area contributed by atoms with Crippen molar-refractivity contribution in [3.05, 3.63) is 41.4 Å². The lowest BCUT2D eigenvalue weighted by molar-refractivity contribution is -0.222. The van der Waals surface area contributed by atoms with Crippen LogP contribution in [0.5, 0.6) is 11.8 Å². The minimum Gasteiger partial charge on any atom is -0.475 e. The topological polar surface area (TPSA) is 194 Å². The van der Waals surface area contributed by atoms with Crippen LogP contribution in [0, 0.1) is 17.8 Å². The molecule has 1 aromatic heterocycles. The summed E-state index contributed by atoms with van der Waals surface area (Å²) < 4.78 is 89.1. The Morgan fingerprint density at radius 1 is 1.13 bits per heavy atom. The van der Waals surface area contributed by atoms with Gasteiger partial charge in [-0.1, -0.05) is 43.7 Å². The van der Waals surface area contributed by atoms with Gasteiger partial charge >= 0.3 is 12.3 Å². The molecule has 1 aromatic carbocycles. The van der Waals surface area contributed by atoms with Crippen LogP contribution in [0.4, 0.5) is 18.0 Å². The van der Waals surface area contributed by atoms with Crippen LogP contribution in [-0.2, 0) is 29.1 Å². The summed E-state index contributed by atoms with van der Waals surface area (Å²) in [6, 6.07) is 3.12. The van der Waals surface area contributed by atoms with Gasteiger partial charge in [0, 0.05) is 41.3 Å². The molecular weight excluding hydrogens is 847 g/mol. The first-order chi connectivity index (χ1) is 28.5. The number of fused-ring (bicyclic) bond motifs is 3. The van der Waals surface area contributed by atoms with Crippen molar-refractivity contribution in [2.24, 2.45) is 17.8 Å². The minimum atomic E-state index is -5.12. The third kappa shape index (κ3) is 9.24. The van der Waals surface area contributed by atoms with E-state index in [9.17, 15) is 41.1 Å². The number of carbonyl (C=O) groups excluding carboxylic acids is 3. The van der Waals surface area contributed by atoms with E-state index in [2.05, 4.69) is 15.0 Å². The molecule has 1 saturated heterocycles. The van der Waals surface area contributed by atoms with Crippen LogP contribution in [-0.4, -0.2) is 119 Å². The average Bonchev–Trinajstić information content (AvgIpc) is 4.05. The largest absolute Gasteiger partial charge is 0.475 e. The number of pyridine rings is 1. The Morgan fingerprint density at radius 3 is 2.48 bits per heavy atom. The molecule has 2 saturated carbocycles. The number of carboxylic acid groups (broad SMARTS) is 1. The second-order valence-corrected chi connectivity index (χ2v) is 20.2. The second-order valence-electron chi connectivity index (χ2n) is 17.6. The molecule has 7 atom stereocenters. The minimum absolute atomic E-state index is 0.000791. The smallest absolute Gasteiger partial charge is 0.411 e. The molecule has 0 spiro atoms. The van der Waals surface area contributed by atoms with E-state index < -0.39 is 92.4 Å². The lowest BCUT2D eigenvalue weighted by atomic mass is 9.85. The van der Waals surface area contributed by atoms with E-state index in [-0.39, 0.29) is 55.1 Å². The number of hydrogen-bond acceptors (Lipinski definition) is 10. The average molecular weight is 900 g/mol. The molecule has 2 aliphatic carbocycles. The SMILES string of the molecule is COCCOc1cc2c(Cl)cccc2c(O[C@@H]2C[C@H]3C(=O)N[C@]4(C(=O)NS(=O)(=O)C5(C)CC5)C[C@H]4/C=C\CC[C@@H](C)C[C@@H](C)[C@H](N(C(=O)O)C(C)(C)C(F)(F)F)C(=O)N3C2)n1. The van der Waals surface area contributed by atoms with Gasteiger partial charge in [-0.05, 0) is 83.3 Å². The van der Waals surface area contributed by atoms with Crippen LogP contribution < -0.4 is 19.5 Å². The number of amides is 4. The summed E-state index contributed by atoms with van der Waals surface area (Å²) >= 11 is 6.56. The van der Waals surface area contributed by atoms with E-state index in [4.69, 9.17) is 25.8 Å². The summed E-state index contributed by atoms with van der Waals surface area (Å²) in [6.45, 7) is 6.15. The number of aromatic nitrogens is 1. The van der Waals surface area contributed by atoms with Gasteiger partial charge in [-0.15, -0.1) is 0 Å². The number of halogens is 4. The van der Waals surface area contributed by atoms with E-state index in [0.717, 1.165) is 4.90 Å². The predicted octanol–water partition coefficient (Wildman–Crippen LogP) is 5.84. The molecule has 20 heteroatoms. The van der Waals surface area contributed by atoms with Crippen LogP contribution in [0.2, 0.25) is 5.02 Å². The molecular formula is C41H53ClF3N5O10S. The first-order valence-electron chi connectivity index (χ1n) is 20.3. The molecule has 0 bridgehead atoms. The maximum atomic E-state index is 15.1. The number of ether oxygens (including phenoxy) is 3. The van der Waals surface area contributed by atoms with E-state index in [0.29, 0.717) is 55.3 Å². The molecule has 2 aliphatic heterocycles. The first kappa shape index (κ1) is 46.2. The number of methoxy groups -OCH3 is 1. The molecule has 336 valence electrons. The third-order valence-corrected chi connectivity index (χ3v) is 15.1. The predicted molar refractivity (Wildman–Crippen MR) is 217 cm³/mol. The monoisotopic (exact) mass is 899 g/mol. The number of carbonyl (C=O) groups is 4. The lowest BCUT2D eigenvalue weighted by Gasteiger charge is -2.45. The zero-order valence-corrected chi connectivity index (χ0v) is 36.5. The zero-order chi connectivity index (χ0) is 44.9. The number of rotatable bonds is 11. The van der Waals surface area contributed by atoms with E-state index >= 15 is 4.79 Å². The van der Waals surface area contributed by atoms with Gasteiger partial charge in [-0.25, -0.2) is 13.2 Å². The normalized spacial score (nSPS) is 28.7. The maximum Gasteiger partial charge on any atom is 0.411 e. The summed E-state index contributed by atoms with van der Waals surface area (Å²) in [4.78, 5) is 62.4. The molecule has 61 heavy (non-hydrogen) atoms.